The Bertz CT molecular complexity index is 604. The SMILES string of the molecule is CN/C=C1C(Cl)=C(/C=N\c2ccccc2)C2CCC/1N2C. The van der Waals surface area contributed by atoms with E-state index in [-0.39, 0.29) is 0 Å². The van der Waals surface area contributed by atoms with Crippen LogP contribution in [0, 0.1) is 0 Å². The molecule has 4 heteroatoms. The van der Waals surface area contributed by atoms with Crippen LogP contribution >= 0.6 is 11.6 Å². The van der Waals surface area contributed by atoms with Gasteiger partial charge in [-0.05, 0) is 32.0 Å². The lowest BCUT2D eigenvalue weighted by Gasteiger charge is -2.34. The van der Waals surface area contributed by atoms with Gasteiger partial charge in [-0.25, -0.2) is 0 Å². The Kier molecular flexibility index (Phi) is 4.13. The summed E-state index contributed by atoms with van der Waals surface area (Å²) in [7, 11) is 4.08. The van der Waals surface area contributed by atoms with Gasteiger partial charge in [0.1, 0.15) is 0 Å². The van der Waals surface area contributed by atoms with E-state index in [9.17, 15) is 0 Å². The highest BCUT2D eigenvalue weighted by atomic mass is 35.5. The van der Waals surface area contributed by atoms with E-state index in [4.69, 9.17) is 11.6 Å². The standard InChI is InChI=1S/C17H20ClN3/c1-19-10-13-15-8-9-16(21(15)2)14(17(13)18)11-20-12-6-4-3-5-7-12/h3-7,10-11,15-16,19H,8-9H2,1-2H3/b13-10+,20-11-. The molecular formula is C17H20ClN3. The third-order valence-corrected chi connectivity index (χ3v) is 4.77. The number of likely N-dealkylation sites (N-methyl/N-ethyl adjacent to an activating group) is 1. The van der Waals surface area contributed by atoms with Crippen molar-refractivity contribution in [2.24, 2.45) is 4.99 Å². The van der Waals surface area contributed by atoms with Crippen LogP contribution in [-0.4, -0.2) is 37.3 Å². The minimum Gasteiger partial charge on any atom is -0.394 e. The molecule has 2 bridgehead atoms. The molecule has 0 spiro atoms. The van der Waals surface area contributed by atoms with Gasteiger partial charge in [-0.3, -0.25) is 9.89 Å². The molecule has 1 aromatic rings. The van der Waals surface area contributed by atoms with Crippen molar-refractivity contribution < 1.29 is 0 Å². The van der Waals surface area contributed by atoms with Crippen molar-refractivity contribution in [2.45, 2.75) is 24.9 Å². The molecular weight excluding hydrogens is 282 g/mol. The van der Waals surface area contributed by atoms with Gasteiger partial charge in [-0.2, -0.15) is 0 Å². The molecule has 0 aliphatic carbocycles. The van der Waals surface area contributed by atoms with Crippen LogP contribution in [0.2, 0.25) is 0 Å². The van der Waals surface area contributed by atoms with E-state index in [2.05, 4.69) is 22.3 Å². The van der Waals surface area contributed by atoms with E-state index < -0.39 is 0 Å². The Labute approximate surface area is 131 Å². The van der Waals surface area contributed by atoms with Crippen molar-refractivity contribution in [3.05, 3.63) is 52.7 Å². The van der Waals surface area contributed by atoms with Crippen LogP contribution < -0.4 is 5.32 Å². The minimum atomic E-state index is 0.379. The summed E-state index contributed by atoms with van der Waals surface area (Å²) in [6.07, 6.45) is 6.23. The molecule has 2 heterocycles. The highest BCUT2D eigenvalue weighted by Gasteiger charge is 2.41. The Balaban J connectivity index is 1.97. The normalized spacial score (nSPS) is 27.9. The fourth-order valence-corrected chi connectivity index (χ4v) is 3.62. The number of hydrogen-bond donors (Lipinski definition) is 1. The number of nitrogens with zero attached hydrogens (tertiary/aromatic N) is 2. The summed E-state index contributed by atoms with van der Waals surface area (Å²) >= 11 is 6.64. The number of benzene rings is 1. The van der Waals surface area contributed by atoms with Crippen molar-refractivity contribution in [1.29, 1.82) is 0 Å². The van der Waals surface area contributed by atoms with E-state index in [1.165, 1.54) is 5.57 Å². The zero-order valence-electron chi connectivity index (χ0n) is 12.4. The second-order valence-corrected chi connectivity index (χ2v) is 5.90. The van der Waals surface area contributed by atoms with E-state index in [1.54, 1.807) is 0 Å². The number of aliphatic imine (C=N–C) groups is 1. The molecule has 1 N–H and O–H groups in total. The van der Waals surface area contributed by atoms with E-state index in [0.717, 1.165) is 29.1 Å². The monoisotopic (exact) mass is 301 g/mol. The number of nitrogens with one attached hydrogen (secondary N) is 1. The number of para-hydroxylation sites is 1. The summed E-state index contributed by atoms with van der Waals surface area (Å²) < 4.78 is 0. The fourth-order valence-electron chi connectivity index (χ4n) is 3.27. The molecule has 0 saturated carbocycles. The summed E-state index contributed by atoms with van der Waals surface area (Å²) in [5, 5.41) is 3.97. The van der Waals surface area contributed by atoms with Crippen LogP contribution in [-0.2, 0) is 0 Å². The predicted octanol–water partition coefficient (Wildman–Crippen LogP) is 3.46. The zero-order valence-corrected chi connectivity index (χ0v) is 13.1. The molecule has 3 nitrogen and oxygen atoms in total. The first kappa shape index (κ1) is 14.4. The highest BCUT2D eigenvalue weighted by molar-refractivity contribution is 6.34. The Morgan fingerprint density at radius 1 is 1.24 bits per heavy atom. The lowest BCUT2D eigenvalue weighted by atomic mass is 9.98. The molecule has 0 radical (unpaired) electrons. The maximum atomic E-state index is 6.64. The summed E-state index contributed by atoms with van der Waals surface area (Å²) in [5.41, 5.74) is 3.25. The molecule has 2 aliphatic rings. The molecule has 3 rings (SSSR count). The van der Waals surface area contributed by atoms with Gasteiger partial charge in [0.05, 0.1) is 10.7 Å². The van der Waals surface area contributed by atoms with Crippen LogP contribution in [0.15, 0.2) is 57.7 Å². The smallest absolute Gasteiger partial charge is 0.0629 e. The van der Waals surface area contributed by atoms with Crippen LogP contribution in [0.3, 0.4) is 0 Å². The van der Waals surface area contributed by atoms with E-state index in [0.29, 0.717) is 12.1 Å². The summed E-state index contributed by atoms with van der Waals surface area (Å²) in [4.78, 5) is 6.99. The van der Waals surface area contributed by atoms with Crippen molar-refractivity contribution in [3.8, 4) is 0 Å². The van der Waals surface area contributed by atoms with E-state index in [1.807, 2.05) is 49.8 Å². The number of hydrogen-bond acceptors (Lipinski definition) is 3. The molecule has 1 saturated heterocycles. The minimum absolute atomic E-state index is 0.379. The van der Waals surface area contributed by atoms with Gasteiger partial charge < -0.3 is 5.32 Å². The summed E-state index contributed by atoms with van der Waals surface area (Å²) in [6.45, 7) is 0. The first-order valence-corrected chi connectivity index (χ1v) is 7.68. The van der Waals surface area contributed by atoms with E-state index >= 15 is 0 Å². The molecule has 21 heavy (non-hydrogen) atoms. The van der Waals surface area contributed by atoms with Crippen LogP contribution in [0.1, 0.15) is 12.8 Å². The molecule has 0 aromatic heterocycles. The second-order valence-electron chi connectivity index (χ2n) is 5.53. The number of halogens is 1. The van der Waals surface area contributed by atoms with Gasteiger partial charge in [0.2, 0.25) is 0 Å². The molecule has 1 fully saturated rings. The van der Waals surface area contributed by atoms with Crippen LogP contribution in [0.25, 0.3) is 0 Å². The zero-order chi connectivity index (χ0) is 14.8. The van der Waals surface area contributed by atoms with Crippen molar-refractivity contribution in [2.75, 3.05) is 14.1 Å². The first-order valence-electron chi connectivity index (χ1n) is 7.30. The van der Waals surface area contributed by atoms with Crippen LogP contribution in [0.4, 0.5) is 5.69 Å². The predicted molar refractivity (Wildman–Crippen MR) is 89.2 cm³/mol. The lowest BCUT2D eigenvalue weighted by molar-refractivity contribution is 0.286. The molecule has 110 valence electrons. The average Bonchev–Trinajstić information content (AvgIpc) is 2.80. The maximum absolute atomic E-state index is 6.64. The van der Waals surface area contributed by atoms with Crippen LogP contribution in [0.5, 0.6) is 0 Å². The van der Waals surface area contributed by atoms with Gasteiger partial charge >= 0.3 is 0 Å². The maximum Gasteiger partial charge on any atom is 0.0629 e. The number of fused-ring (bicyclic) bond motifs is 2. The van der Waals surface area contributed by atoms with Gasteiger partial charge in [-0.1, -0.05) is 29.8 Å². The second kappa shape index (κ2) is 6.04. The molecule has 2 unspecified atom stereocenters. The quantitative estimate of drug-likeness (QED) is 0.866. The molecule has 1 aromatic carbocycles. The largest absolute Gasteiger partial charge is 0.394 e. The van der Waals surface area contributed by atoms with Gasteiger partial charge in [0.15, 0.2) is 0 Å². The first-order chi connectivity index (χ1) is 10.2. The van der Waals surface area contributed by atoms with Crippen molar-refractivity contribution in [1.82, 2.24) is 10.2 Å². The third kappa shape index (κ3) is 2.63. The lowest BCUT2D eigenvalue weighted by Crippen LogP contribution is -2.39. The third-order valence-electron chi connectivity index (χ3n) is 4.33. The van der Waals surface area contributed by atoms with Crippen molar-refractivity contribution >= 4 is 23.5 Å². The van der Waals surface area contributed by atoms with Gasteiger partial charge in [0.25, 0.3) is 0 Å². The average molecular weight is 302 g/mol. The highest BCUT2D eigenvalue weighted by Crippen LogP contribution is 2.42. The molecule has 2 atom stereocenters. The van der Waals surface area contributed by atoms with Gasteiger partial charge in [0, 0.05) is 42.7 Å². The molecule has 2 aliphatic heterocycles. The van der Waals surface area contributed by atoms with Crippen molar-refractivity contribution in [3.63, 3.8) is 0 Å². The van der Waals surface area contributed by atoms with Gasteiger partial charge in [-0.15, -0.1) is 0 Å². The number of rotatable bonds is 3. The molecule has 0 amide bonds. The summed E-state index contributed by atoms with van der Waals surface area (Å²) in [5.74, 6) is 0. The summed E-state index contributed by atoms with van der Waals surface area (Å²) in [6, 6.07) is 10.8. The Morgan fingerprint density at radius 2 is 1.95 bits per heavy atom. The topological polar surface area (TPSA) is 27.6 Å². The fraction of sp³-hybridized carbons (Fsp3) is 0.353. The Hall–Kier alpha value is -1.58. The Morgan fingerprint density at radius 3 is 2.67 bits per heavy atom.